The zero-order valence-electron chi connectivity index (χ0n) is 15.5. The van der Waals surface area contributed by atoms with Crippen LogP contribution in [0, 0.1) is 6.92 Å². The van der Waals surface area contributed by atoms with E-state index in [0.29, 0.717) is 5.56 Å². The van der Waals surface area contributed by atoms with Crippen molar-refractivity contribution in [2.24, 2.45) is 0 Å². The van der Waals surface area contributed by atoms with Crippen LogP contribution in [0.4, 0.5) is 0 Å². The Morgan fingerprint density at radius 3 is 2.12 bits per heavy atom. The molecule has 0 bridgehead atoms. The first-order valence-electron chi connectivity index (χ1n) is 8.05. The predicted molar refractivity (Wildman–Crippen MR) is 97.2 cm³/mol. The molecule has 0 aliphatic rings. The molecule has 5 heteroatoms. The van der Waals surface area contributed by atoms with E-state index in [-0.39, 0.29) is 5.97 Å². The number of esters is 1. The van der Waals surface area contributed by atoms with E-state index in [1.54, 1.807) is 26.4 Å². The van der Waals surface area contributed by atoms with Gasteiger partial charge < -0.3 is 14.2 Å². The molecule has 0 radical (unpaired) electrons. The molecule has 2 aromatic carbocycles. The second kappa shape index (κ2) is 8.53. The fraction of sp³-hybridized carbons (Fsp3) is 0.350. The molecular formula is C20H25NO4. The van der Waals surface area contributed by atoms with E-state index in [0.717, 1.165) is 35.7 Å². The molecule has 0 amide bonds. The molecule has 2 aromatic rings. The molecule has 0 saturated carbocycles. The smallest absolute Gasteiger partial charge is 0.337 e. The van der Waals surface area contributed by atoms with Gasteiger partial charge in [-0.1, -0.05) is 12.1 Å². The van der Waals surface area contributed by atoms with Crippen molar-refractivity contribution < 1.29 is 19.0 Å². The Kier molecular flexibility index (Phi) is 6.42. The number of rotatable bonds is 7. The van der Waals surface area contributed by atoms with Gasteiger partial charge in [-0.05, 0) is 54.9 Å². The van der Waals surface area contributed by atoms with E-state index in [2.05, 4.69) is 18.9 Å². The van der Waals surface area contributed by atoms with Gasteiger partial charge >= 0.3 is 5.97 Å². The SMILES string of the molecule is COC(=O)c1ccc(CN(C)Cc2cc(OC)c(OC)cc2C)cc1. The van der Waals surface area contributed by atoms with Gasteiger partial charge in [-0.25, -0.2) is 4.79 Å². The van der Waals surface area contributed by atoms with Crippen LogP contribution in [0.3, 0.4) is 0 Å². The van der Waals surface area contributed by atoms with Gasteiger partial charge in [0.05, 0.1) is 26.9 Å². The van der Waals surface area contributed by atoms with Crippen molar-refractivity contribution in [3.8, 4) is 11.5 Å². The number of methoxy groups -OCH3 is 3. The van der Waals surface area contributed by atoms with Crippen LogP contribution < -0.4 is 9.47 Å². The summed E-state index contributed by atoms with van der Waals surface area (Å²) >= 11 is 0. The van der Waals surface area contributed by atoms with E-state index in [9.17, 15) is 4.79 Å². The van der Waals surface area contributed by atoms with Gasteiger partial charge in [0, 0.05) is 13.1 Å². The summed E-state index contributed by atoms with van der Waals surface area (Å²) in [6, 6.07) is 11.5. The summed E-state index contributed by atoms with van der Waals surface area (Å²) in [5.41, 5.74) is 4.04. The van der Waals surface area contributed by atoms with Crippen LogP contribution in [0.2, 0.25) is 0 Å². The summed E-state index contributed by atoms with van der Waals surface area (Å²) in [6.45, 7) is 3.62. The minimum absolute atomic E-state index is 0.319. The molecule has 0 unspecified atom stereocenters. The summed E-state index contributed by atoms with van der Waals surface area (Å²) in [6.07, 6.45) is 0. The lowest BCUT2D eigenvalue weighted by atomic mass is 10.1. The second-order valence-corrected chi connectivity index (χ2v) is 5.99. The lowest BCUT2D eigenvalue weighted by molar-refractivity contribution is 0.0600. The molecule has 2 rings (SSSR count). The van der Waals surface area contributed by atoms with Crippen LogP contribution in [-0.4, -0.2) is 39.2 Å². The van der Waals surface area contributed by atoms with E-state index in [4.69, 9.17) is 14.2 Å². The normalized spacial score (nSPS) is 10.6. The maximum atomic E-state index is 11.5. The van der Waals surface area contributed by atoms with Crippen LogP contribution >= 0.6 is 0 Å². The van der Waals surface area contributed by atoms with Crippen molar-refractivity contribution in [3.63, 3.8) is 0 Å². The topological polar surface area (TPSA) is 48.0 Å². The zero-order chi connectivity index (χ0) is 18.4. The monoisotopic (exact) mass is 343 g/mol. The standard InChI is InChI=1S/C20H25NO4/c1-14-10-18(23-3)19(24-4)11-17(14)13-21(2)12-15-6-8-16(9-7-15)20(22)25-5/h6-11H,12-13H2,1-5H3. The van der Waals surface area contributed by atoms with E-state index >= 15 is 0 Å². The third-order valence-corrected chi connectivity index (χ3v) is 4.11. The van der Waals surface area contributed by atoms with Crippen molar-refractivity contribution in [3.05, 3.63) is 58.7 Å². The van der Waals surface area contributed by atoms with Crippen LogP contribution in [-0.2, 0) is 17.8 Å². The van der Waals surface area contributed by atoms with Gasteiger partial charge in [0.25, 0.3) is 0 Å². The predicted octanol–water partition coefficient (Wildman–Crippen LogP) is 3.43. The maximum Gasteiger partial charge on any atom is 0.337 e. The minimum Gasteiger partial charge on any atom is -0.493 e. The average Bonchev–Trinajstić information content (AvgIpc) is 2.62. The third-order valence-electron chi connectivity index (χ3n) is 4.11. The first-order valence-corrected chi connectivity index (χ1v) is 8.05. The number of hydrogen-bond acceptors (Lipinski definition) is 5. The summed E-state index contributed by atoms with van der Waals surface area (Å²) in [4.78, 5) is 13.7. The Morgan fingerprint density at radius 2 is 1.56 bits per heavy atom. The number of aryl methyl sites for hydroxylation is 1. The highest BCUT2D eigenvalue weighted by Gasteiger charge is 2.11. The molecule has 0 saturated heterocycles. The molecule has 0 aliphatic heterocycles. The first-order chi connectivity index (χ1) is 12.0. The molecule has 0 spiro atoms. The zero-order valence-corrected chi connectivity index (χ0v) is 15.5. The lowest BCUT2D eigenvalue weighted by Gasteiger charge is -2.20. The summed E-state index contributed by atoms with van der Waals surface area (Å²) in [7, 11) is 6.73. The van der Waals surface area contributed by atoms with Crippen molar-refractivity contribution in [1.29, 1.82) is 0 Å². The highest BCUT2D eigenvalue weighted by molar-refractivity contribution is 5.89. The number of ether oxygens (including phenoxy) is 3. The summed E-state index contributed by atoms with van der Waals surface area (Å²) < 4.78 is 15.4. The van der Waals surface area contributed by atoms with Gasteiger partial charge in [-0.15, -0.1) is 0 Å². The van der Waals surface area contributed by atoms with Crippen LogP contribution in [0.5, 0.6) is 11.5 Å². The van der Waals surface area contributed by atoms with E-state index < -0.39 is 0 Å². The Hall–Kier alpha value is -2.53. The Labute approximate surface area is 149 Å². The fourth-order valence-electron chi connectivity index (χ4n) is 2.72. The van der Waals surface area contributed by atoms with Crippen molar-refractivity contribution in [1.82, 2.24) is 4.90 Å². The maximum absolute atomic E-state index is 11.5. The van der Waals surface area contributed by atoms with Crippen LogP contribution in [0.1, 0.15) is 27.0 Å². The molecule has 25 heavy (non-hydrogen) atoms. The van der Waals surface area contributed by atoms with Gasteiger partial charge in [0.1, 0.15) is 0 Å². The van der Waals surface area contributed by atoms with Gasteiger partial charge in [-0.3, -0.25) is 4.90 Å². The molecular weight excluding hydrogens is 318 g/mol. The molecule has 0 heterocycles. The number of carbonyl (C=O) groups excluding carboxylic acids is 1. The Morgan fingerprint density at radius 1 is 0.960 bits per heavy atom. The van der Waals surface area contributed by atoms with Gasteiger partial charge in [0.2, 0.25) is 0 Å². The van der Waals surface area contributed by atoms with E-state index in [1.807, 2.05) is 24.3 Å². The van der Waals surface area contributed by atoms with Crippen LogP contribution in [0.15, 0.2) is 36.4 Å². The second-order valence-electron chi connectivity index (χ2n) is 5.99. The van der Waals surface area contributed by atoms with Gasteiger partial charge in [0.15, 0.2) is 11.5 Å². The average molecular weight is 343 g/mol. The Balaban J connectivity index is 2.07. The largest absolute Gasteiger partial charge is 0.493 e. The number of nitrogens with zero attached hydrogens (tertiary/aromatic N) is 1. The summed E-state index contributed by atoms with van der Waals surface area (Å²) in [5.74, 6) is 1.16. The summed E-state index contributed by atoms with van der Waals surface area (Å²) in [5, 5.41) is 0. The molecule has 5 nitrogen and oxygen atoms in total. The number of hydrogen-bond donors (Lipinski definition) is 0. The number of carbonyl (C=O) groups is 1. The molecule has 134 valence electrons. The molecule has 0 fully saturated rings. The number of benzene rings is 2. The minimum atomic E-state index is -0.319. The van der Waals surface area contributed by atoms with Crippen molar-refractivity contribution >= 4 is 5.97 Å². The molecule has 0 atom stereocenters. The lowest BCUT2D eigenvalue weighted by Crippen LogP contribution is -2.18. The highest BCUT2D eigenvalue weighted by atomic mass is 16.5. The van der Waals surface area contributed by atoms with Crippen molar-refractivity contribution in [2.45, 2.75) is 20.0 Å². The van der Waals surface area contributed by atoms with Crippen LogP contribution in [0.25, 0.3) is 0 Å². The fourth-order valence-corrected chi connectivity index (χ4v) is 2.72. The molecule has 0 aromatic heterocycles. The van der Waals surface area contributed by atoms with E-state index in [1.165, 1.54) is 12.7 Å². The molecule has 0 N–H and O–H groups in total. The van der Waals surface area contributed by atoms with Crippen molar-refractivity contribution in [2.75, 3.05) is 28.4 Å². The quantitative estimate of drug-likeness (QED) is 0.721. The highest BCUT2D eigenvalue weighted by Crippen LogP contribution is 2.30. The first kappa shape index (κ1) is 18.8. The molecule has 0 aliphatic carbocycles. The van der Waals surface area contributed by atoms with Gasteiger partial charge in [-0.2, -0.15) is 0 Å². The third kappa shape index (κ3) is 4.73. The Bertz CT molecular complexity index is 725.